The minimum absolute atomic E-state index is 0.579. The fourth-order valence-electron chi connectivity index (χ4n) is 3.14. The Hall–Kier alpha value is -2.22. The molecule has 0 aliphatic rings. The molecule has 4 rings (SSSR count). The summed E-state index contributed by atoms with van der Waals surface area (Å²) >= 11 is 12.9. The average molecular weight is 367 g/mol. The number of hydrogen-bond donors (Lipinski definition) is 0. The molecule has 0 aliphatic heterocycles. The zero-order valence-electron chi connectivity index (χ0n) is 13.5. The molecular formula is C22H16Cl2O. The fourth-order valence-corrected chi connectivity index (χ4v) is 3.63. The molecule has 0 atom stereocenters. The van der Waals surface area contributed by atoms with Crippen LogP contribution in [0.15, 0.2) is 72.8 Å². The molecule has 0 heterocycles. The van der Waals surface area contributed by atoms with Gasteiger partial charge in [0.1, 0.15) is 5.75 Å². The van der Waals surface area contributed by atoms with Crippen LogP contribution in [-0.2, 0) is 6.42 Å². The maximum absolute atomic E-state index is 6.49. The van der Waals surface area contributed by atoms with Crippen molar-refractivity contribution >= 4 is 44.7 Å². The summed E-state index contributed by atoms with van der Waals surface area (Å²) in [5.74, 6) is 0.802. The van der Waals surface area contributed by atoms with Crippen molar-refractivity contribution in [1.29, 1.82) is 0 Å². The van der Waals surface area contributed by atoms with Crippen LogP contribution in [0.2, 0.25) is 10.0 Å². The van der Waals surface area contributed by atoms with Gasteiger partial charge in [-0.1, -0.05) is 77.8 Å². The summed E-state index contributed by atoms with van der Waals surface area (Å²) < 4.78 is 6.23. The minimum Gasteiger partial charge on any atom is -0.492 e. The van der Waals surface area contributed by atoms with Crippen molar-refractivity contribution in [2.24, 2.45) is 0 Å². The summed E-state index contributed by atoms with van der Waals surface area (Å²) in [7, 11) is 0. The second-order valence-corrected chi connectivity index (χ2v) is 6.78. The number of halogens is 2. The van der Waals surface area contributed by atoms with Crippen molar-refractivity contribution < 1.29 is 4.74 Å². The number of rotatable bonds is 4. The van der Waals surface area contributed by atoms with E-state index in [1.165, 1.54) is 5.56 Å². The van der Waals surface area contributed by atoms with Crippen molar-refractivity contribution in [3.8, 4) is 5.75 Å². The Labute approximate surface area is 156 Å². The molecule has 4 aromatic rings. The zero-order valence-corrected chi connectivity index (χ0v) is 15.0. The normalized spacial score (nSPS) is 11.1. The maximum atomic E-state index is 6.49. The van der Waals surface area contributed by atoms with E-state index in [-0.39, 0.29) is 0 Å². The molecule has 25 heavy (non-hydrogen) atoms. The van der Waals surface area contributed by atoms with E-state index in [0.717, 1.165) is 33.7 Å². The second-order valence-electron chi connectivity index (χ2n) is 5.96. The van der Waals surface area contributed by atoms with Crippen LogP contribution in [0.3, 0.4) is 0 Å². The predicted molar refractivity (Wildman–Crippen MR) is 107 cm³/mol. The van der Waals surface area contributed by atoms with Crippen molar-refractivity contribution in [2.75, 3.05) is 6.61 Å². The van der Waals surface area contributed by atoms with Crippen LogP contribution in [0.1, 0.15) is 5.56 Å². The van der Waals surface area contributed by atoms with E-state index in [0.29, 0.717) is 16.7 Å². The molecule has 0 amide bonds. The van der Waals surface area contributed by atoms with Crippen LogP contribution in [-0.4, -0.2) is 6.61 Å². The van der Waals surface area contributed by atoms with Crippen molar-refractivity contribution in [1.82, 2.24) is 0 Å². The molecule has 0 radical (unpaired) electrons. The van der Waals surface area contributed by atoms with E-state index in [1.807, 2.05) is 54.6 Å². The first-order valence-corrected chi connectivity index (χ1v) is 8.96. The molecule has 3 heteroatoms. The van der Waals surface area contributed by atoms with Gasteiger partial charge in [-0.3, -0.25) is 0 Å². The first-order chi connectivity index (χ1) is 12.2. The molecule has 0 saturated heterocycles. The Balaban J connectivity index is 1.80. The van der Waals surface area contributed by atoms with E-state index < -0.39 is 0 Å². The molecule has 0 aromatic heterocycles. The molecule has 0 aliphatic carbocycles. The Kier molecular flexibility index (Phi) is 4.52. The highest BCUT2D eigenvalue weighted by molar-refractivity contribution is 6.39. The number of hydrogen-bond acceptors (Lipinski definition) is 1. The third-order valence-corrected chi connectivity index (χ3v) is 4.99. The van der Waals surface area contributed by atoms with Gasteiger partial charge >= 0.3 is 0 Å². The Morgan fingerprint density at radius 1 is 0.720 bits per heavy atom. The molecular weight excluding hydrogens is 351 g/mol. The molecule has 0 spiro atoms. The Bertz CT molecular complexity index is 1040. The zero-order chi connectivity index (χ0) is 17.2. The van der Waals surface area contributed by atoms with Crippen LogP contribution >= 0.6 is 23.2 Å². The summed E-state index contributed by atoms with van der Waals surface area (Å²) in [5, 5.41) is 5.34. The van der Waals surface area contributed by atoms with E-state index in [2.05, 4.69) is 18.2 Å². The lowest BCUT2D eigenvalue weighted by Gasteiger charge is -2.15. The van der Waals surface area contributed by atoms with Gasteiger partial charge in [0.2, 0.25) is 0 Å². The highest BCUT2D eigenvalue weighted by atomic mass is 35.5. The van der Waals surface area contributed by atoms with Gasteiger partial charge in [0.15, 0.2) is 0 Å². The first kappa shape index (κ1) is 16.3. The maximum Gasteiger partial charge on any atom is 0.136 e. The van der Waals surface area contributed by atoms with Gasteiger partial charge in [0, 0.05) is 27.6 Å². The molecule has 0 bridgehead atoms. The average Bonchev–Trinajstić information content (AvgIpc) is 2.63. The van der Waals surface area contributed by atoms with Crippen molar-refractivity contribution in [3.63, 3.8) is 0 Å². The molecule has 0 fully saturated rings. The number of fused-ring (bicyclic) bond motifs is 2. The lowest BCUT2D eigenvalue weighted by molar-refractivity contribution is 0.329. The third kappa shape index (κ3) is 3.18. The fraction of sp³-hybridized carbons (Fsp3) is 0.0909. The molecule has 0 saturated carbocycles. The lowest BCUT2D eigenvalue weighted by Crippen LogP contribution is -2.02. The standard InChI is InChI=1S/C22H16Cl2O/c23-19-10-5-9-17-18(19)14-16-8-4-11-20(24)21(16)22(17)25-13-12-15-6-2-1-3-7-15/h1-11,14H,12-13H2. The van der Waals surface area contributed by atoms with Gasteiger partial charge < -0.3 is 4.74 Å². The quantitative estimate of drug-likeness (QED) is 0.356. The number of ether oxygens (including phenoxy) is 1. The van der Waals surface area contributed by atoms with Gasteiger partial charge in [0.25, 0.3) is 0 Å². The molecule has 0 N–H and O–H groups in total. The summed E-state index contributed by atoms with van der Waals surface area (Å²) in [6.45, 7) is 0.579. The molecule has 124 valence electrons. The molecule has 1 nitrogen and oxygen atoms in total. The van der Waals surface area contributed by atoms with Crippen LogP contribution in [0.4, 0.5) is 0 Å². The lowest BCUT2D eigenvalue weighted by atomic mass is 10.0. The summed E-state index contributed by atoms with van der Waals surface area (Å²) in [4.78, 5) is 0. The van der Waals surface area contributed by atoms with Gasteiger partial charge in [-0.25, -0.2) is 0 Å². The predicted octanol–water partition coefficient (Wildman–Crippen LogP) is 6.92. The summed E-state index contributed by atoms with van der Waals surface area (Å²) in [6, 6.07) is 24.1. The first-order valence-electron chi connectivity index (χ1n) is 8.20. The van der Waals surface area contributed by atoms with Crippen LogP contribution in [0.5, 0.6) is 5.75 Å². The molecule has 0 unspecified atom stereocenters. The van der Waals surface area contributed by atoms with Crippen LogP contribution in [0, 0.1) is 0 Å². The topological polar surface area (TPSA) is 9.23 Å². The molecule has 4 aromatic carbocycles. The van der Waals surface area contributed by atoms with Crippen molar-refractivity contribution in [3.05, 3.63) is 88.4 Å². The highest BCUT2D eigenvalue weighted by Crippen LogP contribution is 2.40. The van der Waals surface area contributed by atoms with E-state index in [4.69, 9.17) is 27.9 Å². The van der Waals surface area contributed by atoms with E-state index in [9.17, 15) is 0 Å². The van der Waals surface area contributed by atoms with Crippen molar-refractivity contribution in [2.45, 2.75) is 6.42 Å². The van der Waals surface area contributed by atoms with E-state index in [1.54, 1.807) is 0 Å². The summed E-state index contributed by atoms with van der Waals surface area (Å²) in [5.41, 5.74) is 1.25. The third-order valence-electron chi connectivity index (χ3n) is 4.35. The second kappa shape index (κ2) is 6.95. The summed E-state index contributed by atoms with van der Waals surface area (Å²) in [6.07, 6.45) is 0.837. The van der Waals surface area contributed by atoms with E-state index >= 15 is 0 Å². The Morgan fingerprint density at radius 3 is 2.32 bits per heavy atom. The smallest absolute Gasteiger partial charge is 0.136 e. The number of benzene rings is 4. The van der Waals surface area contributed by atoms with Gasteiger partial charge in [0.05, 0.1) is 11.6 Å². The monoisotopic (exact) mass is 366 g/mol. The highest BCUT2D eigenvalue weighted by Gasteiger charge is 2.13. The SMILES string of the molecule is Clc1cccc2c(OCCc3ccccc3)c3c(Cl)cccc3cc12. The van der Waals surface area contributed by atoms with Gasteiger partial charge in [-0.2, -0.15) is 0 Å². The van der Waals surface area contributed by atoms with Gasteiger partial charge in [-0.15, -0.1) is 0 Å². The van der Waals surface area contributed by atoms with Crippen LogP contribution in [0.25, 0.3) is 21.5 Å². The van der Waals surface area contributed by atoms with Gasteiger partial charge in [-0.05, 0) is 29.1 Å². The minimum atomic E-state index is 0.579. The Morgan fingerprint density at radius 2 is 1.48 bits per heavy atom. The van der Waals surface area contributed by atoms with Crippen LogP contribution < -0.4 is 4.74 Å². The largest absolute Gasteiger partial charge is 0.492 e.